The molecular formula is C11H10F3N3O. The van der Waals surface area contributed by atoms with Crippen LogP contribution in [0.2, 0.25) is 0 Å². The number of aryl methyl sites for hydroxylation is 1. The number of hydrogen-bond acceptors (Lipinski definition) is 3. The largest absolute Gasteiger partial charge is 0.491 e. The first-order chi connectivity index (χ1) is 8.45. The Bertz CT molecular complexity index is 591. The van der Waals surface area contributed by atoms with Crippen LogP contribution in [-0.4, -0.2) is 16.9 Å². The molecule has 0 aliphatic heterocycles. The van der Waals surface area contributed by atoms with Crippen LogP contribution in [-0.2, 0) is 7.05 Å². The highest BCUT2D eigenvalue weighted by Gasteiger charge is 2.22. The molecule has 18 heavy (non-hydrogen) atoms. The first-order valence-corrected chi connectivity index (χ1v) is 4.97. The summed E-state index contributed by atoms with van der Waals surface area (Å²) in [6, 6.07) is 2.07. The molecule has 0 saturated heterocycles. The van der Waals surface area contributed by atoms with Gasteiger partial charge in [0.05, 0.1) is 12.8 Å². The van der Waals surface area contributed by atoms with Gasteiger partial charge in [-0.15, -0.1) is 0 Å². The van der Waals surface area contributed by atoms with E-state index in [-0.39, 0.29) is 17.1 Å². The lowest BCUT2D eigenvalue weighted by atomic mass is 10.1. The summed E-state index contributed by atoms with van der Waals surface area (Å²) in [6.07, 6.45) is 0. The molecule has 2 N–H and O–H groups in total. The molecule has 96 valence electrons. The summed E-state index contributed by atoms with van der Waals surface area (Å²) in [4.78, 5) is 0. The molecule has 0 unspecified atom stereocenters. The van der Waals surface area contributed by atoms with Gasteiger partial charge in [-0.25, -0.2) is 8.78 Å². The van der Waals surface area contributed by atoms with E-state index in [9.17, 15) is 13.2 Å². The summed E-state index contributed by atoms with van der Waals surface area (Å²) in [5.74, 6) is -4.12. The molecule has 0 amide bonds. The monoisotopic (exact) mass is 257 g/mol. The molecule has 0 aliphatic carbocycles. The number of anilines is 1. The second-order valence-corrected chi connectivity index (χ2v) is 3.65. The number of nitrogen functional groups attached to an aromatic ring is 1. The maximum absolute atomic E-state index is 13.9. The van der Waals surface area contributed by atoms with E-state index in [0.29, 0.717) is 0 Å². The van der Waals surface area contributed by atoms with Crippen LogP contribution in [0.4, 0.5) is 19.0 Å². The average molecular weight is 257 g/mol. The summed E-state index contributed by atoms with van der Waals surface area (Å²) in [5.41, 5.74) is 5.44. The van der Waals surface area contributed by atoms with E-state index >= 15 is 0 Å². The van der Waals surface area contributed by atoms with E-state index in [4.69, 9.17) is 5.73 Å². The number of nitrogens with two attached hydrogens (primary N) is 1. The van der Waals surface area contributed by atoms with Gasteiger partial charge in [0.25, 0.3) is 0 Å². The molecule has 4 nitrogen and oxygen atoms in total. The van der Waals surface area contributed by atoms with Crippen molar-refractivity contribution in [2.75, 3.05) is 12.8 Å². The average Bonchev–Trinajstić information content (AvgIpc) is 2.65. The molecule has 0 aliphatic rings. The first kappa shape index (κ1) is 12.3. The lowest BCUT2D eigenvalue weighted by molar-refractivity contribution is 0.347. The maximum Gasteiger partial charge on any atom is 0.203 e. The zero-order valence-corrected chi connectivity index (χ0v) is 9.67. The van der Waals surface area contributed by atoms with Crippen molar-refractivity contribution in [3.8, 4) is 17.0 Å². The number of methoxy groups -OCH3 is 1. The van der Waals surface area contributed by atoms with Gasteiger partial charge in [0.2, 0.25) is 5.82 Å². The van der Waals surface area contributed by atoms with Crippen LogP contribution in [0.25, 0.3) is 11.3 Å². The van der Waals surface area contributed by atoms with Crippen LogP contribution in [0, 0.1) is 17.5 Å². The molecule has 0 radical (unpaired) electrons. The zero-order chi connectivity index (χ0) is 13.4. The second-order valence-electron chi connectivity index (χ2n) is 3.65. The van der Waals surface area contributed by atoms with Gasteiger partial charge in [0.1, 0.15) is 5.82 Å². The Balaban J connectivity index is 2.68. The molecular weight excluding hydrogens is 247 g/mol. The minimum Gasteiger partial charge on any atom is -0.491 e. The molecule has 2 aromatic rings. The first-order valence-electron chi connectivity index (χ1n) is 4.97. The number of benzene rings is 1. The Labute approximate surface area is 101 Å². The summed E-state index contributed by atoms with van der Waals surface area (Å²) < 4.78 is 46.3. The van der Waals surface area contributed by atoms with Gasteiger partial charge in [0, 0.05) is 18.7 Å². The van der Waals surface area contributed by atoms with E-state index < -0.39 is 23.2 Å². The maximum atomic E-state index is 13.9. The van der Waals surface area contributed by atoms with Crippen LogP contribution < -0.4 is 10.5 Å². The van der Waals surface area contributed by atoms with Crippen LogP contribution in [0.5, 0.6) is 5.75 Å². The second kappa shape index (κ2) is 4.25. The normalized spacial score (nSPS) is 10.7. The smallest absolute Gasteiger partial charge is 0.203 e. The summed E-state index contributed by atoms with van der Waals surface area (Å²) in [5, 5.41) is 3.89. The molecule has 1 aromatic heterocycles. The highest BCUT2D eigenvalue weighted by molar-refractivity contribution is 5.65. The van der Waals surface area contributed by atoms with Gasteiger partial charge < -0.3 is 10.5 Å². The number of nitrogens with zero attached hydrogens (tertiary/aromatic N) is 2. The molecule has 0 spiro atoms. The van der Waals surface area contributed by atoms with Gasteiger partial charge in [-0.1, -0.05) is 0 Å². The Morgan fingerprint density at radius 2 is 1.89 bits per heavy atom. The molecule has 1 aromatic carbocycles. The quantitative estimate of drug-likeness (QED) is 0.838. The lowest BCUT2D eigenvalue weighted by Crippen LogP contribution is -2.00. The predicted molar refractivity (Wildman–Crippen MR) is 59.5 cm³/mol. The fourth-order valence-electron chi connectivity index (χ4n) is 1.56. The van der Waals surface area contributed by atoms with Crippen LogP contribution >= 0.6 is 0 Å². The Kier molecular flexibility index (Phi) is 2.90. The van der Waals surface area contributed by atoms with Crippen molar-refractivity contribution < 1.29 is 17.9 Å². The van der Waals surface area contributed by atoms with Gasteiger partial charge in [0.15, 0.2) is 17.4 Å². The molecule has 0 saturated carbocycles. The topological polar surface area (TPSA) is 53.1 Å². The van der Waals surface area contributed by atoms with Crippen molar-refractivity contribution in [1.82, 2.24) is 9.78 Å². The molecule has 7 heteroatoms. The summed E-state index contributed by atoms with van der Waals surface area (Å²) in [7, 11) is 2.60. The molecule has 0 atom stereocenters. The minimum absolute atomic E-state index is 0.102. The number of hydrogen-bond donors (Lipinski definition) is 1. The van der Waals surface area contributed by atoms with Gasteiger partial charge in [-0.2, -0.15) is 9.49 Å². The highest BCUT2D eigenvalue weighted by atomic mass is 19.2. The SMILES string of the molecule is COc1c(F)c(F)cc(-c2cc(N)n(C)n2)c1F. The standard InChI is InChI=1S/C11H10F3N3O/c1-17-8(15)4-7(16-17)5-3-6(12)10(14)11(18-2)9(5)13/h3-4H,15H2,1-2H3. The fourth-order valence-corrected chi connectivity index (χ4v) is 1.56. The third-order valence-corrected chi connectivity index (χ3v) is 2.51. The van der Waals surface area contributed by atoms with Crippen LogP contribution in [0.1, 0.15) is 0 Å². The summed E-state index contributed by atoms with van der Waals surface area (Å²) >= 11 is 0. The number of halogens is 3. The van der Waals surface area contributed by atoms with E-state index in [2.05, 4.69) is 9.84 Å². The van der Waals surface area contributed by atoms with Crippen molar-refractivity contribution in [2.24, 2.45) is 7.05 Å². The fraction of sp³-hybridized carbons (Fsp3) is 0.182. The molecule has 1 heterocycles. The van der Waals surface area contributed by atoms with Crippen LogP contribution in [0.15, 0.2) is 12.1 Å². The van der Waals surface area contributed by atoms with E-state index in [0.717, 1.165) is 13.2 Å². The Morgan fingerprint density at radius 1 is 1.22 bits per heavy atom. The molecule has 0 fully saturated rings. The Hall–Kier alpha value is -2.18. The number of rotatable bonds is 2. The third kappa shape index (κ3) is 1.77. The van der Waals surface area contributed by atoms with Crippen molar-refractivity contribution >= 4 is 5.82 Å². The predicted octanol–water partition coefficient (Wildman–Crippen LogP) is 2.10. The van der Waals surface area contributed by atoms with Gasteiger partial charge in [-0.3, -0.25) is 4.68 Å². The van der Waals surface area contributed by atoms with Crippen LogP contribution in [0.3, 0.4) is 0 Å². The van der Waals surface area contributed by atoms with Crippen molar-refractivity contribution in [2.45, 2.75) is 0 Å². The van der Waals surface area contributed by atoms with Gasteiger partial charge >= 0.3 is 0 Å². The minimum atomic E-state index is -1.37. The molecule has 2 rings (SSSR count). The summed E-state index contributed by atoms with van der Waals surface area (Å²) in [6.45, 7) is 0. The van der Waals surface area contributed by atoms with Gasteiger partial charge in [-0.05, 0) is 6.07 Å². The zero-order valence-electron chi connectivity index (χ0n) is 9.67. The number of ether oxygens (including phenoxy) is 1. The van der Waals surface area contributed by atoms with Crippen molar-refractivity contribution in [3.63, 3.8) is 0 Å². The van der Waals surface area contributed by atoms with E-state index in [1.807, 2.05) is 0 Å². The van der Waals surface area contributed by atoms with E-state index in [1.165, 1.54) is 10.7 Å². The molecule has 0 bridgehead atoms. The van der Waals surface area contributed by atoms with Crippen molar-refractivity contribution in [1.29, 1.82) is 0 Å². The lowest BCUT2D eigenvalue weighted by Gasteiger charge is -2.07. The Morgan fingerprint density at radius 3 is 2.39 bits per heavy atom. The highest BCUT2D eigenvalue weighted by Crippen LogP contribution is 2.33. The third-order valence-electron chi connectivity index (χ3n) is 2.51. The van der Waals surface area contributed by atoms with Crippen molar-refractivity contribution in [3.05, 3.63) is 29.6 Å². The van der Waals surface area contributed by atoms with E-state index in [1.54, 1.807) is 7.05 Å². The number of aromatic nitrogens is 2.